The minimum atomic E-state index is -3.96. The fraction of sp³-hybridized carbons (Fsp3) is 0.381. The number of rotatable bonds is 8. The Morgan fingerprint density at radius 1 is 1.04 bits per heavy atom. The number of aliphatic hydroxyl groups excluding tert-OH is 1. The fourth-order valence-corrected chi connectivity index (χ4v) is 4.04. The zero-order valence-corrected chi connectivity index (χ0v) is 17.5. The molecule has 2 N–H and O–H groups in total. The van der Waals surface area contributed by atoms with E-state index in [0.717, 1.165) is 11.1 Å². The number of aryl methyl sites for hydroxylation is 1. The summed E-state index contributed by atoms with van der Waals surface area (Å²) in [5, 5.41) is 10.2. The minimum Gasteiger partial charge on any atom is -0.391 e. The van der Waals surface area contributed by atoms with Crippen LogP contribution >= 0.6 is 0 Å². The van der Waals surface area contributed by atoms with Crippen molar-refractivity contribution < 1.29 is 18.3 Å². The van der Waals surface area contributed by atoms with Crippen molar-refractivity contribution in [1.29, 1.82) is 0 Å². The average molecular weight is 405 g/mol. The minimum absolute atomic E-state index is 0.0516. The van der Waals surface area contributed by atoms with Crippen molar-refractivity contribution in [2.24, 2.45) is 0 Å². The van der Waals surface area contributed by atoms with E-state index in [1.807, 2.05) is 51.1 Å². The summed E-state index contributed by atoms with van der Waals surface area (Å²) in [5.74, 6) is -0.468. The Bertz CT molecular complexity index is 878. The maximum Gasteiger partial charge on any atom is 0.243 e. The van der Waals surface area contributed by atoms with Gasteiger partial charge in [-0.3, -0.25) is 4.79 Å². The molecule has 0 bridgehead atoms. The van der Waals surface area contributed by atoms with E-state index in [2.05, 4.69) is 4.72 Å². The molecule has 28 heavy (non-hydrogen) atoms. The van der Waals surface area contributed by atoms with Crippen LogP contribution in [0, 0.1) is 6.92 Å². The van der Waals surface area contributed by atoms with E-state index in [1.165, 1.54) is 19.1 Å². The number of amides is 1. The van der Waals surface area contributed by atoms with Gasteiger partial charge in [0.05, 0.1) is 11.0 Å². The van der Waals surface area contributed by atoms with Crippen molar-refractivity contribution in [1.82, 2.24) is 9.62 Å². The lowest BCUT2D eigenvalue weighted by Gasteiger charge is -2.32. The van der Waals surface area contributed by atoms with Crippen LogP contribution in [-0.4, -0.2) is 42.5 Å². The van der Waals surface area contributed by atoms with E-state index >= 15 is 0 Å². The number of carbonyl (C=O) groups is 1. The monoisotopic (exact) mass is 404 g/mol. The Balaban J connectivity index is 2.27. The van der Waals surface area contributed by atoms with E-state index in [1.54, 1.807) is 17.0 Å². The Morgan fingerprint density at radius 3 is 2.11 bits per heavy atom. The fourth-order valence-electron chi connectivity index (χ4n) is 2.78. The van der Waals surface area contributed by atoms with Gasteiger partial charge in [0.25, 0.3) is 0 Å². The average Bonchev–Trinajstić information content (AvgIpc) is 2.64. The number of hydrogen-bond donors (Lipinski definition) is 2. The Kier molecular flexibility index (Phi) is 7.35. The first kappa shape index (κ1) is 22.1. The van der Waals surface area contributed by atoms with Gasteiger partial charge in [0.1, 0.15) is 6.04 Å². The molecule has 0 fully saturated rings. The van der Waals surface area contributed by atoms with Gasteiger partial charge in [0.2, 0.25) is 15.9 Å². The lowest BCUT2D eigenvalue weighted by molar-refractivity contribution is -0.137. The van der Waals surface area contributed by atoms with Crippen molar-refractivity contribution in [3.05, 3.63) is 65.7 Å². The zero-order valence-electron chi connectivity index (χ0n) is 16.7. The molecule has 2 aromatic rings. The molecule has 0 aliphatic heterocycles. The summed E-state index contributed by atoms with van der Waals surface area (Å²) < 4.78 is 27.8. The summed E-state index contributed by atoms with van der Waals surface area (Å²) in [6.45, 7) is 7.30. The second-order valence-electron chi connectivity index (χ2n) is 7.20. The van der Waals surface area contributed by atoms with Gasteiger partial charge in [-0.2, -0.15) is 4.72 Å². The van der Waals surface area contributed by atoms with Crippen molar-refractivity contribution in [2.45, 2.75) is 57.3 Å². The first-order chi connectivity index (χ1) is 13.1. The SMILES string of the molecule is Cc1ccc(S(=O)(=O)NC(C(=O)N(Cc2ccccc2)C(C)C)C(C)O)cc1. The second-order valence-corrected chi connectivity index (χ2v) is 8.91. The van der Waals surface area contributed by atoms with Gasteiger partial charge >= 0.3 is 0 Å². The molecule has 0 spiro atoms. The van der Waals surface area contributed by atoms with Crippen LogP contribution in [0.2, 0.25) is 0 Å². The maximum atomic E-state index is 13.1. The van der Waals surface area contributed by atoms with Crippen LogP contribution in [0.4, 0.5) is 0 Å². The van der Waals surface area contributed by atoms with Crippen LogP contribution < -0.4 is 4.72 Å². The predicted molar refractivity (Wildman–Crippen MR) is 109 cm³/mol. The molecule has 2 unspecified atom stereocenters. The van der Waals surface area contributed by atoms with Crippen molar-refractivity contribution >= 4 is 15.9 Å². The molecule has 2 rings (SSSR count). The molecule has 0 radical (unpaired) electrons. The topological polar surface area (TPSA) is 86.7 Å². The van der Waals surface area contributed by atoms with Crippen molar-refractivity contribution in [3.8, 4) is 0 Å². The molecule has 2 atom stereocenters. The highest BCUT2D eigenvalue weighted by Crippen LogP contribution is 2.15. The molecule has 152 valence electrons. The highest BCUT2D eigenvalue weighted by atomic mass is 32.2. The van der Waals surface area contributed by atoms with Gasteiger partial charge in [-0.05, 0) is 45.4 Å². The third kappa shape index (κ3) is 5.64. The quantitative estimate of drug-likeness (QED) is 0.708. The molecule has 0 saturated heterocycles. The molecule has 2 aromatic carbocycles. The number of nitrogens with zero attached hydrogens (tertiary/aromatic N) is 1. The van der Waals surface area contributed by atoms with Crippen molar-refractivity contribution in [3.63, 3.8) is 0 Å². The predicted octanol–water partition coefficient (Wildman–Crippen LogP) is 2.46. The van der Waals surface area contributed by atoms with Gasteiger partial charge < -0.3 is 10.0 Å². The molecule has 7 heteroatoms. The summed E-state index contributed by atoms with van der Waals surface area (Å²) in [6, 6.07) is 14.3. The third-order valence-electron chi connectivity index (χ3n) is 4.46. The third-order valence-corrected chi connectivity index (χ3v) is 5.92. The van der Waals surface area contributed by atoms with Gasteiger partial charge in [-0.1, -0.05) is 48.0 Å². The normalized spacial score (nSPS) is 13.9. The van der Waals surface area contributed by atoms with E-state index in [-0.39, 0.29) is 10.9 Å². The van der Waals surface area contributed by atoms with Gasteiger partial charge in [-0.15, -0.1) is 0 Å². The highest BCUT2D eigenvalue weighted by molar-refractivity contribution is 7.89. The lowest BCUT2D eigenvalue weighted by atomic mass is 10.1. The number of benzene rings is 2. The number of sulfonamides is 1. The Labute approximate surface area is 167 Å². The summed E-state index contributed by atoms with van der Waals surface area (Å²) in [5.41, 5.74) is 1.85. The van der Waals surface area contributed by atoms with Crippen LogP contribution in [0.1, 0.15) is 31.9 Å². The first-order valence-corrected chi connectivity index (χ1v) is 10.7. The summed E-state index contributed by atoms with van der Waals surface area (Å²) in [6.07, 6.45) is -1.19. The van der Waals surface area contributed by atoms with E-state index < -0.39 is 28.1 Å². The van der Waals surface area contributed by atoms with Crippen LogP contribution in [0.25, 0.3) is 0 Å². The molecule has 1 amide bonds. The maximum absolute atomic E-state index is 13.1. The first-order valence-electron chi connectivity index (χ1n) is 9.23. The number of hydrogen-bond acceptors (Lipinski definition) is 4. The standard InChI is InChI=1S/C21H28N2O4S/c1-15(2)23(14-18-8-6-5-7-9-18)21(25)20(17(4)24)22-28(26,27)19-12-10-16(3)11-13-19/h5-13,15,17,20,22,24H,14H2,1-4H3. The van der Waals surface area contributed by atoms with Crippen LogP contribution in [0.15, 0.2) is 59.5 Å². The van der Waals surface area contributed by atoms with Crippen LogP contribution in [-0.2, 0) is 21.4 Å². The summed E-state index contributed by atoms with van der Waals surface area (Å²) >= 11 is 0. The molecular formula is C21H28N2O4S. The summed E-state index contributed by atoms with van der Waals surface area (Å²) in [4.78, 5) is 14.7. The van der Waals surface area contributed by atoms with Gasteiger partial charge in [-0.25, -0.2) is 8.42 Å². The smallest absolute Gasteiger partial charge is 0.243 e. The van der Waals surface area contributed by atoms with Crippen molar-refractivity contribution in [2.75, 3.05) is 0 Å². The number of nitrogens with one attached hydrogen (secondary N) is 1. The van der Waals surface area contributed by atoms with E-state index in [9.17, 15) is 18.3 Å². The van der Waals surface area contributed by atoms with Gasteiger partial charge in [0.15, 0.2) is 0 Å². The molecule has 0 aromatic heterocycles. The van der Waals surface area contributed by atoms with Crippen LogP contribution in [0.5, 0.6) is 0 Å². The highest BCUT2D eigenvalue weighted by Gasteiger charge is 2.33. The van der Waals surface area contributed by atoms with Crippen LogP contribution in [0.3, 0.4) is 0 Å². The Hall–Kier alpha value is -2.22. The van der Waals surface area contributed by atoms with E-state index in [4.69, 9.17) is 0 Å². The van der Waals surface area contributed by atoms with E-state index in [0.29, 0.717) is 6.54 Å². The lowest BCUT2D eigenvalue weighted by Crippen LogP contribution is -2.54. The number of aliphatic hydroxyl groups is 1. The van der Waals surface area contributed by atoms with Gasteiger partial charge in [0, 0.05) is 12.6 Å². The second kappa shape index (κ2) is 9.32. The summed E-state index contributed by atoms with van der Waals surface area (Å²) in [7, 11) is -3.96. The zero-order chi connectivity index (χ0) is 20.9. The number of carbonyl (C=O) groups excluding carboxylic acids is 1. The molecule has 0 aliphatic rings. The molecule has 0 aliphatic carbocycles. The molecule has 0 heterocycles. The molecule has 6 nitrogen and oxygen atoms in total. The molecular weight excluding hydrogens is 376 g/mol. The Morgan fingerprint density at radius 2 is 1.61 bits per heavy atom. The largest absolute Gasteiger partial charge is 0.391 e. The molecule has 0 saturated carbocycles.